The van der Waals surface area contributed by atoms with Gasteiger partial charge in [0.25, 0.3) is 5.56 Å². The molecular formula is C21H17N3O4. The van der Waals surface area contributed by atoms with Gasteiger partial charge in [0.1, 0.15) is 12.3 Å². The third kappa shape index (κ3) is 3.55. The highest BCUT2D eigenvalue weighted by Crippen LogP contribution is 2.20. The van der Waals surface area contributed by atoms with Crippen LogP contribution in [0.4, 0.5) is 0 Å². The molecule has 0 fully saturated rings. The highest BCUT2D eigenvalue weighted by atomic mass is 16.5. The molecule has 2 aromatic carbocycles. The summed E-state index contributed by atoms with van der Waals surface area (Å²) in [7, 11) is 1.56. The van der Waals surface area contributed by atoms with Crippen molar-refractivity contribution in [2.45, 2.75) is 13.0 Å². The van der Waals surface area contributed by atoms with E-state index >= 15 is 0 Å². The Labute approximate surface area is 160 Å². The number of carbonyl (C=O) groups is 1. The second-order valence-corrected chi connectivity index (χ2v) is 6.31. The summed E-state index contributed by atoms with van der Waals surface area (Å²) in [6.45, 7) is -0.00113. The molecule has 0 saturated heterocycles. The summed E-state index contributed by atoms with van der Waals surface area (Å²) in [6, 6.07) is 18.4. The molecule has 0 amide bonds. The number of aromatic nitrogens is 3. The number of esters is 1. The normalized spacial score (nSPS) is 10.9. The first-order valence-corrected chi connectivity index (χ1v) is 8.73. The number of benzene rings is 2. The Morgan fingerprint density at radius 1 is 1.07 bits per heavy atom. The smallest absolute Gasteiger partial charge is 0.312 e. The van der Waals surface area contributed by atoms with Crippen LogP contribution in [0.2, 0.25) is 0 Å². The molecule has 7 heteroatoms. The summed E-state index contributed by atoms with van der Waals surface area (Å²) in [4.78, 5) is 24.5. The molecule has 0 bridgehead atoms. The van der Waals surface area contributed by atoms with Crippen molar-refractivity contribution in [1.82, 2.24) is 14.9 Å². The highest BCUT2D eigenvalue weighted by Gasteiger charge is 2.14. The van der Waals surface area contributed by atoms with Crippen molar-refractivity contribution in [3.05, 3.63) is 82.4 Å². The van der Waals surface area contributed by atoms with Gasteiger partial charge in [-0.1, -0.05) is 53.7 Å². The molecule has 0 aliphatic rings. The van der Waals surface area contributed by atoms with Gasteiger partial charge in [0.2, 0.25) is 0 Å². The van der Waals surface area contributed by atoms with Crippen LogP contribution in [-0.2, 0) is 29.6 Å². The summed E-state index contributed by atoms with van der Waals surface area (Å²) in [6.07, 6.45) is -0.0436. The Hall–Kier alpha value is -3.74. The maximum absolute atomic E-state index is 12.3. The molecule has 0 aliphatic heterocycles. The maximum Gasteiger partial charge on any atom is 0.312 e. The van der Waals surface area contributed by atoms with E-state index in [1.807, 2.05) is 30.3 Å². The quantitative estimate of drug-likeness (QED) is 0.499. The van der Waals surface area contributed by atoms with Crippen LogP contribution in [0.3, 0.4) is 0 Å². The molecule has 0 spiro atoms. The van der Waals surface area contributed by atoms with Crippen LogP contribution >= 0.6 is 0 Å². The lowest BCUT2D eigenvalue weighted by molar-refractivity contribution is -0.144. The number of hydrogen-bond acceptors (Lipinski definition) is 6. The minimum atomic E-state index is -0.458. The molecule has 0 saturated carbocycles. The average molecular weight is 375 g/mol. The summed E-state index contributed by atoms with van der Waals surface area (Å²) in [5, 5.41) is 9.31. The molecule has 0 unspecified atom stereocenters. The van der Waals surface area contributed by atoms with Gasteiger partial charge in [0, 0.05) is 24.1 Å². The third-order valence-electron chi connectivity index (χ3n) is 4.34. The van der Waals surface area contributed by atoms with E-state index in [1.54, 1.807) is 37.4 Å². The van der Waals surface area contributed by atoms with Gasteiger partial charge in [0.15, 0.2) is 5.76 Å². The topological polar surface area (TPSA) is 87.2 Å². The lowest BCUT2D eigenvalue weighted by Gasteiger charge is -2.07. The minimum absolute atomic E-state index is 0.00113. The van der Waals surface area contributed by atoms with Crippen molar-refractivity contribution in [1.29, 1.82) is 0 Å². The fourth-order valence-electron chi connectivity index (χ4n) is 2.97. The second kappa shape index (κ2) is 7.48. The van der Waals surface area contributed by atoms with Crippen LogP contribution < -0.4 is 5.56 Å². The predicted octanol–water partition coefficient (Wildman–Crippen LogP) is 2.87. The SMILES string of the molecule is Cn1nc(CC(=O)OCc2cc(-c3ccccc3)on2)c2ccccc2c1=O. The zero-order valence-electron chi connectivity index (χ0n) is 15.2. The van der Waals surface area contributed by atoms with E-state index in [-0.39, 0.29) is 18.6 Å². The molecule has 4 aromatic rings. The second-order valence-electron chi connectivity index (χ2n) is 6.31. The van der Waals surface area contributed by atoms with Crippen molar-refractivity contribution in [3.63, 3.8) is 0 Å². The number of rotatable bonds is 5. The van der Waals surface area contributed by atoms with Crippen molar-refractivity contribution in [3.8, 4) is 11.3 Å². The highest BCUT2D eigenvalue weighted by molar-refractivity contribution is 5.86. The van der Waals surface area contributed by atoms with Gasteiger partial charge >= 0.3 is 5.97 Å². The molecule has 0 aliphatic carbocycles. The van der Waals surface area contributed by atoms with Crippen LogP contribution in [-0.4, -0.2) is 20.9 Å². The number of fused-ring (bicyclic) bond motifs is 1. The van der Waals surface area contributed by atoms with Gasteiger partial charge in [-0.25, -0.2) is 4.68 Å². The van der Waals surface area contributed by atoms with E-state index in [0.717, 1.165) is 5.56 Å². The van der Waals surface area contributed by atoms with Gasteiger partial charge in [-0.15, -0.1) is 0 Å². The molecule has 0 atom stereocenters. The van der Waals surface area contributed by atoms with Crippen LogP contribution in [0, 0.1) is 0 Å². The fourth-order valence-corrected chi connectivity index (χ4v) is 2.97. The minimum Gasteiger partial charge on any atom is -0.459 e. The molecule has 28 heavy (non-hydrogen) atoms. The summed E-state index contributed by atoms with van der Waals surface area (Å²) in [5.41, 5.74) is 1.70. The Bertz CT molecular complexity index is 1200. The third-order valence-corrected chi connectivity index (χ3v) is 4.34. The van der Waals surface area contributed by atoms with E-state index in [0.29, 0.717) is 27.9 Å². The lowest BCUT2D eigenvalue weighted by Crippen LogP contribution is -2.22. The van der Waals surface area contributed by atoms with Crippen LogP contribution in [0.5, 0.6) is 0 Å². The van der Waals surface area contributed by atoms with Crippen molar-refractivity contribution < 1.29 is 14.1 Å². The molecule has 2 aromatic heterocycles. The zero-order valence-corrected chi connectivity index (χ0v) is 15.2. The molecule has 140 valence electrons. The summed E-state index contributed by atoms with van der Waals surface area (Å²) in [5.74, 6) is 0.151. The van der Waals surface area contributed by atoms with E-state index in [1.165, 1.54) is 4.68 Å². The van der Waals surface area contributed by atoms with Crippen LogP contribution in [0.15, 0.2) is 70.0 Å². The van der Waals surface area contributed by atoms with Gasteiger partial charge in [-0.05, 0) is 6.07 Å². The molecule has 0 radical (unpaired) electrons. The van der Waals surface area contributed by atoms with Gasteiger partial charge in [0.05, 0.1) is 17.5 Å². The Balaban J connectivity index is 1.46. The standard InChI is InChI=1S/C21H17N3O4/c1-24-21(26)17-10-6-5-9-16(17)18(22-24)12-20(25)27-13-15-11-19(28-23-15)14-7-3-2-4-8-14/h2-11H,12-13H2,1H3. The molecule has 2 heterocycles. The van der Waals surface area contributed by atoms with Gasteiger partial charge < -0.3 is 9.26 Å². The number of aryl methyl sites for hydroxylation is 1. The van der Waals surface area contributed by atoms with E-state index in [9.17, 15) is 9.59 Å². The molecule has 4 rings (SSSR count). The van der Waals surface area contributed by atoms with E-state index in [2.05, 4.69) is 10.3 Å². The number of nitrogens with zero attached hydrogens (tertiary/aromatic N) is 3. The fraction of sp³-hybridized carbons (Fsp3) is 0.143. The molecule has 0 N–H and O–H groups in total. The van der Waals surface area contributed by atoms with Crippen molar-refractivity contribution >= 4 is 16.7 Å². The number of hydrogen-bond donors (Lipinski definition) is 0. The first kappa shape index (κ1) is 17.7. The first-order valence-electron chi connectivity index (χ1n) is 8.73. The largest absolute Gasteiger partial charge is 0.459 e. The Morgan fingerprint density at radius 2 is 1.79 bits per heavy atom. The zero-order chi connectivity index (χ0) is 19.5. The van der Waals surface area contributed by atoms with Gasteiger partial charge in [-0.3, -0.25) is 9.59 Å². The van der Waals surface area contributed by atoms with E-state index in [4.69, 9.17) is 9.26 Å². The monoisotopic (exact) mass is 375 g/mol. The Morgan fingerprint density at radius 3 is 2.57 bits per heavy atom. The van der Waals surface area contributed by atoms with Crippen molar-refractivity contribution in [2.75, 3.05) is 0 Å². The van der Waals surface area contributed by atoms with Gasteiger partial charge in [-0.2, -0.15) is 5.10 Å². The Kier molecular flexibility index (Phi) is 4.72. The number of carbonyl (C=O) groups excluding carboxylic acids is 1. The summed E-state index contributed by atoms with van der Waals surface area (Å²) < 4.78 is 11.8. The van der Waals surface area contributed by atoms with Crippen molar-refractivity contribution in [2.24, 2.45) is 7.05 Å². The summed E-state index contributed by atoms with van der Waals surface area (Å²) >= 11 is 0. The predicted molar refractivity (Wildman–Crippen MR) is 102 cm³/mol. The molecule has 7 nitrogen and oxygen atoms in total. The number of ether oxygens (including phenoxy) is 1. The first-order chi connectivity index (χ1) is 13.6. The van der Waals surface area contributed by atoms with E-state index < -0.39 is 5.97 Å². The van der Waals surface area contributed by atoms with Crippen LogP contribution in [0.1, 0.15) is 11.4 Å². The molecular weight excluding hydrogens is 358 g/mol. The van der Waals surface area contributed by atoms with Crippen LogP contribution in [0.25, 0.3) is 22.1 Å². The lowest BCUT2D eigenvalue weighted by atomic mass is 10.1. The average Bonchev–Trinajstić information content (AvgIpc) is 3.20. The maximum atomic E-state index is 12.3.